The molecule has 0 bridgehead atoms. The third-order valence-electron chi connectivity index (χ3n) is 4.41. The predicted molar refractivity (Wildman–Crippen MR) is 97.1 cm³/mol. The highest BCUT2D eigenvalue weighted by molar-refractivity contribution is 5.97. The average molecular weight is 346 g/mol. The van der Waals surface area contributed by atoms with Gasteiger partial charge >= 0.3 is 0 Å². The Kier molecular flexibility index (Phi) is 5.75. The molecule has 0 radical (unpaired) electrons. The van der Waals surface area contributed by atoms with E-state index in [1.807, 2.05) is 31.2 Å². The molecule has 2 aliphatic heterocycles. The molecular formula is C18H26N4O3. The molecule has 1 saturated heterocycles. The van der Waals surface area contributed by atoms with Crippen LogP contribution in [0.1, 0.15) is 19.8 Å². The SMILES string of the molecule is CCNC(=NCCCN1C(=O)COc2ccccc21)N1CC[C@@H](O)C1. The van der Waals surface area contributed by atoms with Gasteiger partial charge in [0.1, 0.15) is 5.75 Å². The van der Waals surface area contributed by atoms with Gasteiger partial charge in [-0.25, -0.2) is 0 Å². The number of aliphatic hydroxyl groups is 1. The van der Waals surface area contributed by atoms with Crippen LogP contribution in [0.3, 0.4) is 0 Å². The van der Waals surface area contributed by atoms with Gasteiger partial charge in [0.15, 0.2) is 12.6 Å². The second-order valence-electron chi connectivity index (χ2n) is 6.28. The fraction of sp³-hybridized carbons (Fsp3) is 0.556. The molecule has 0 saturated carbocycles. The summed E-state index contributed by atoms with van der Waals surface area (Å²) in [6, 6.07) is 7.61. The highest BCUT2D eigenvalue weighted by atomic mass is 16.5. The minimum Gasteiger partial charge on any atom is -0.482 e. The van der Waals surface area contributed by atoms with E-state index in [-0.39, 0.29) is 18.6 Å². The highest BCUT2D eigenvalue weighted by Gasteiger charge is 2.25. The zero-order valence-corrected chi connectivity index (χ0v) is 14.6. The Balaban J connectivity index is 1.57. The molecule has 2 heterocycles. The molecule has 1 aromatic carbocycles. The number of likely N-dealkylation sites (tertiary alicyclic amines) is 1. The first-order valence-electron chi connectivity index (χ1n) is 8.92. The summed E-state index contributed by atoms with van der Waals surface area (Å²) >= 11 is 0. The molecule has 25 heavy (non-hydrogen) atoms. The molecule has 1 atom stereocenters. The van der Waals surface area contributed by atoms with Gasteiger partial charge in [0.05, 0.1) is 11.8 Å². The third-order valence-corrected chi connectivity index (χ3v) is 4.41. The van der Waals surface area contributed by atoms with Gasteiger partial charge in [-0.05, 0) is 31.9 Å². The van der Waals surface area contributed by atoms with Crippen LogP contribution in [0.15, 0.2) is 29.3 Å². The maximum atomic E-state index is 12.1. The lowest BCUT2D eigenvalue weighted by Crippen LogP contribution is -2.41. The van der Waals surface area contributed by atoms with Crippen molar-refractivity contribution < 1.29 is 14.6 Å². The van der Waals surface area contributed by atoms with Crippen molar-refractivity contribution in [1.82, 2.24) is 10.2 Å². The number of fused-ring (bicyclic) bond motifs is 1. The number of benzene rings is 1. The van der Waals surface area contributed by atoms with Crippen LogP contribution in [-0.2, 0) is 4.79 Å². The van der Waals surface area contributed by atoms with E-state index in [4.69, 9.17) is 4.74 Å². The molecule has 2 aliphatic rings. The average Bonchev–Trinajstić information content (AvgIpc) is 3.05. The van der Waals surface area contributed by atoms with Crippen molar-refractivity contribution in [3.63, 3.8) is 0 Å². The van der Waals surface area contributed by atoms with Crippen molar-refractivity contribution in [3.8, 4) is 5.75 Å². The maximum absolute atomic E-state index is 12.1. The summed E-state index contributed by atoms with van der Waals surface area (Å²) in [5.41, 5.74) is 0.831. The number of amides is 1. The highest BCUT2D eigenvalue weighted by Crippen LogP contribution is 2.31. The standard InChI is InChI=1S/C18H26N4O3/c1-2-19-18(21-11-8-14(23)12-21)20-9-5-10-22-15-6-3-4-7-16(15)25-13-17(22)24/h3-4,6-7,14,23H,2,5,8-13H2,1H3,(H,19,20)/t14-/m1/s1. The second kappa shape index (κ2) is 8.20. The molecule has 1 fully saturated rings. The normalized spacial score (nSPS) is 20.5. The Hall–Kier alpha value is -2.28. The van der Waals surface area contributed by atoms with Gasteiger partial charge in [-0.1, -0.05) is 12.1 Å². The number of ether oxygens (including phenoxy) is 1. The summed E-state index contributed by atoms with van der Waals surface area (Å²) in [6.07, 6.45) is 1.28. The summed E-state index contributed by atoms with van der Waals surface area (Å²) in [5, 5.41) is 13.0. The Morgan fingerprint density at radius 3 is 3.04 bits per heavy atom. The van der Waals surface area contributed by atoms with Crippen molar-refractivity contribution >= 4 is 17.6 Å². The lowest BCUT2D eigenvalue weighted by molar-refractivity contribution is -0.121. The number of aliphatic imine (C=N–C) groups is 1. The topological polar surface area (TPSA) is 77.4 Å². The quantitative estimate of drug-likeness (QED) is 0.469. The number of aliphatic hydroxyl groups excluding tert-OH is 1. The molecule has 7 heteroatoms. The number of guanidine groups is 1. The fourth-order valence-corrected chi connectivity index (χ4v) is 3.17. The predicted octanol–water partition coefficient (Wildman–Crippen LogP) is 0.834. The molecule has 0 unspecified atom stereocenters. The Morgan fingerprint density at radius 2 is 2.28 bits per heavy atom. The number of nitrogens with zero attached hydrogens (tertiary/aromatic N) is 3. The molecule has 0 aliphatic carbocycles. The summed E-state index contributed by atoms with van der Waals surface area (Å²) in [4.78, 5) is 20.7. The number of β-amino-alcohol motifs (C(OH)–C–C–N with tert-alkyl or cyclic N) is 1. The lowest BCUT2D eigenvalue weighted by atomic mass is 10.2. The first kappa shape index (κ1) is 17.5. The van der Waals surface area contributed by atoms with Gasteiger partial charge in [0, 0.05) is 32.7 Å². The summed E-state index contributed by atoms with van der Waals surface area (Å²) < 4.78 is 5.46. The van der Waals surface area contributed by atoms with Crippen LogP contribution in [0.5, 0.6) is 5.75 Å². The Morgan fingerprint density at radius 1 is 1.44 bits per heavy atom. The molecule has 7 nitrogen and oxygen atoms in total. The number of hydrogen-bond acceptors (Lipinski definition) is 4. The number of carbonyl (C=O) groups excluding carboxylic acids is 1. The molecule has 136 valence electrons. The first-order chi connectivity index (χ1) is 12.2. The smallest absolute Gasteiger partial charge is 0.265 e. The molecule has 1 aromatic rings. The van der Waals surface area contributed by atoms with Crippen LogP contribution < -0.4 is 15.0 Å². The van der Waals surface area contributed by atoms with Crippen molar-refractivity contribution in [2.24, 2.45) is 4.99 Å². The van der Waals surface area contributed by atoms with Gasteiger partial charge in [-0.3, -0.25) is 9.79 Å². The van der Waals surface area contributed by atoms with Gasteiger partial charge in [-0.2, -0.15) is 0 Å². The zero-order chi connectivity index (χ0) is 17.6. The van der Waals surface area contributed by atoms with Crippen molar-refractivity contribution in [1.29, 1.82) is 0 Å². The van der Waals surface area contributed by atoms with Gasteiger partial charge < -0.3 is 25.0 Å². The van der Waals surface area contributed by atoms with Crippen molar-refractivity contribution in [2.45, 2.75) is 25.9 Å². The number of anilines is 1. The summed E-state index contributed by atoms with van der Waals surface area (Å²) in [5.74, 6) is 1.58. The molecule has 1 amide bonds. The minimum absolute atomic E-state index is 0.0164. The van der Waals surface area contributed by atoms with Crippen LogP contribution >= 0.6 is 0 Å². The lowest BCUT2D eigenvalue weighted by Gasteiger charge is -2.29. The van der Waals surface area contributed by atoms with E-state index in [0.29, 0.717) is 19.6 Å². The van der Waals surface area contributed by atoms with E-state index in [9.17, 15) is 9.90 Å². The third kappa shape index (κ3) is 4.22. The second-order valence-corrected chi connectivity index (χ2v) is 6.28. The number of rotatable bonds is 5. The van der Waals surface area contributed by atoms with Crippen LogP contribution in [-0.4, -0.2) is 67.3 Å². The van der Waals surface area contributed by atoms with Crippen LogP contribution in [0.25, 0.3) is 0 Å². The van der Waals surface area contributed by atoms with Crippen molar-refractivity contribution in [2.75, 3.05) is 44.2 Å². The minimum atomic E-state index is -0.272. The number of nitrogens with one attached hydrogen (secondary N) is 1. The van der Waals surface area contributed by atoms with Crippen LogP contribution in [0.4, 0.5) is 5.69 Å². The Bertz CT molecular complexity index is 635. The number of hydrogen-bond donors (Lipinski definition) is 2. The van der Waals surface area contributed by atoms with Crippen LogP contribution in [0.2, 0.25) is 0 Å². The first-order valence-corrected chi connectivity index (χ1v) is 8.92. The van der Waals surface area contributed by atoms with Gasteiger partial charge in [0.25, 0.3) is 5.91 Å². The van der Waals surface area contributed by atoms with E-state index in [1.54, 1.807) is 4.90 Å². The molecule has 0 spiro atoms. The monoisotopic (exact) mass is 346 g/mol. The van der Waals surface area contributed by atoms with Crippen molar-refractivity contribution in [3.05, 3.63) is 24.3 Å². The zero-order valence-electron chi connectivity index (χ0n) is 14.6. The fourth-order valence-electron chi connectivity index (χ4n) is 3.17. The molecule has 3 rings (SSSR count). The van der Waals surface area contributed by atoms with E-state index >= 15 is 0 Å². The van der Waals surface area contributed by atoms with E-state index in [1.165, 1.54) is 0 Å². The van der Waals surface area contributed by atoms with E-state index in [2.05, 4.69) is 15.2 Å². The van der Waals surface area contributed by atoms with Gasteiger partial charge in [-0.15, -0.1) is 0 Å². The van der Waals surface area contributed by atoms with E-state index in [0.717, 1.165) is 43.3 Å². The largest absolute Gasteiger partial charge is 0.482 e. The van der Waals surface area contributed by atoms with E-state index < -0.39 is 0 Å². The number of carbonyl (C=O) groups is 1. The molecular weight excluding hydrogens is 320 g/mol. The summed E-state index contributed by atoms with van der Waals surface area (Å²) in [6.45, 7) is 5.61. The molecule has 2 N–H and O–H groups in total. The van der Waals surface area contributed by atoms with Gasteiger partial charge in [0.2, 0.25) is 0 Å². The summed E-state index contributed by atoms with van der Waals surface area (Å²) in [7, 11) is 0. The Labute approximate surface area is 148 Å². The maximum Gasteiger partial charge on any atom is 0.265 e. The van der Waals surface area contributed by atoms with Crippen LogP contribution in [0, 0.1) is 0 Å². The number of para-hydroxylation sites is 2. The molecule has 0 aromatic heterocycles.